The maximum Gasteiger partial charge on any atom is 0.415 e. The van der Waals surface area contributed by atoms with E-state index in [4.69, 9.17) is 25.8 Å². The largest absolute Gasteiger partial charge is 0.474 e. The Morgan fingerprint density at radius 2 is 1.93 bits per heavy atom. The number of nitrogens with one attached hydrogen (secondary N) is 1. The molecule has 4 aromatic rings. The molecule has 2 aromatic carbocycles. The number of hydrogen-bond donors (Lipinski definition) is 1. The van der Waals surface area contributed by atoms with Gasteiger partial charge in [0, 0.05) is 47.2 Å². The van der Waals surface area contributed by atoms with E-state index in [1.165, 1.54) is 22.2 Å². The molecular formula is C31H29ClFN5O5. The number of halogens is 2. The summed E-state index contributed by atoms with van der Waals surface area (Å²) in [6, 6.07) is 8.85. The first-order valence-electron chi connectivity index (χ1n) is 13.6. The van der Waals surface area contributed by atoms with Crippen molar-refractivity contribution in [3.63, 3.8) is 0 Å². The van der Waals surface area contributed by atoms with Gasteiger partial charge < -0.3 is 24.4 Å². The van der Waals surface area contributed by atoms with Gasteiger partial charge >= 0.3 is 12.2 Å². The summed E-state index contributed by atoms with van der Waals surface area (Å²) in [6.45, 7) is 8.08. The molecule has 222 valence electrons. The van der Waals surface area contributed by atoms with Gasteiger partial charge in [-0.05, 0) is 69.0 Å². The van der Waals surface area contributed by atoms with Crippen LogP contribution in [0.4, 0.5) is 31.2 Å². The molecule has 2 aliphatic rings. The smallest absolute Gasteiger partial charge is 0.415 e. The van der Waals surface area contributed by atoms with E-state index in [1.807, 2.05) is 6.07 Å². The molecule has 4 heterocycles. The number of pyridine rings is 2. The number of carbonyl (C=O) groups excluding carboxylic acids is 2. The van der Waals surface area contributed by atoms with Crippen molar-refractivity contribution in [2.75, 3.05) is 30.4 Å². The van der Waals surface area contributed by atoms with Crippen LogP contribution < -0.4 is 19.7 Å². The molecular weight excluding hydrogens is 577 g/mol. The van der Waals surface area contributed by atoms with E-state index in [0.717, 1.165) is 11.3 Å². The van der Waals surface area contributed by atoms with Crippen LogP contribution in [0.25, 0.3) is 21.9 Å². The van der Waals surface area contributed by atoms with Crippen molar-refractivity contribution in [1.82, 2.24) is 14.9 Å². The predicted octanol–water partition coefficient (Wildman–Crippen LogP) is 7.22. The number of nitrogens with zero attached hydrogens (tertiary/aromatic N) is 4. The molecule has 0 fully saturated rings. The van der Waals surface area contributed by atoms with Gasteiger partial charge in [0.05, 0.1) is 18.1 Å². The minimum Gasteiger partial charge on any atom is -0.474 e. The second-order valence-electron chi connectivity index (χ2n) is 11.4. The third kappa shape index (κ3) is 5.36. The monoisotopic (exact) mass is 605 g/mol. The lowest BCUT2D eigenvalue weighted by Crippen LogP contribution is -2.42. The van der Waals surface area contributed by atoms with E-state index in [-0.39, 0.29) is 29.6 Å². The van der Waals surface area contributed by atoms with Gasteiger partial charge in [0.2, 0.25) is 5.88 Å². The molecule has 1 N–H and O–H groups in total. The second-order valence-corrected chi connectivity index (χ2v) is 11.8. The van der Waals surface area contributed by atoms with Gasteiger partial charge in [0.25, 0.3) is 0 Å². The number of anilines is 3. The Hall–Kier alpha value is -4.64. The molecule has 0 saturated carbocycles. The number of carbonyl (C=O) groups is 2. The quantitative estimate of drug-likeness (QED) is 0.261. The molecule has 10 nitrogen and oxygen atoms in total. The summed E-state index contributed by atoms with van der Waals surface area (Å²) < 4.78 is 32.5. The fraction of sp³-hybridized carbons (Fsp3) is 0.290. The first-order chi connectivity index (χ1) is 20.4. The number of amides is 2. The molecule has 0 spiro atoms. The van der Waals surface area contributed by atoms with Crippen molar-refractivity contribution >= 4 is 51.8 Å². The summed E-state index contributed by atoms with van der Waals surface area (Å²) in [4.78, 5) is 36.7. The summed E-state index contributed by atoms with van der Waals surface area (Å²) in [7, 11) is 1.67. The summed E-state index contributed by atoms with van der Waals surface area (Å²) in [6.07, 6.45) is 2.09. The van der Waals surface area contributed by atoms with Crippen LogP contribution in [0.5, 0.6) is 11.6 Å². The minimum absolute atomic E-state index is 0.0810. The number of fused-ring (bicyclic) bond motifs is 3. The zero-order valence-electron chi connectivity index (χ0n) is 24.2. The van der Waals surface area contributed by atoms with Gasteiger partial charge in [-0.1, -0.05) is 11.6 Å². The fourth-order valence-electron chi connectivity index (χ4n) is 5.12. The molecule has 0 unspecified atom stereocenters. The van der Waals surface area contributed by atoms with Gasteiger partial charge in [-0.2, -0.15) is 0 Å². The van der Waals surface area contributed by atoms with Crippen LogP contribution in [0.15, 0.2) is 42.7 Å². The van der Waals surface area contributed by atoms with Crippen molar-refractivity contribution in [3.05, 3.63) is 64.7 Å². The maximum absolute atomic E-state index is 15.8. The lowest BCUT2D eigenvalue weighted by Gasteiger charge is -2.32. The Morgan fingerprint density at radius 1 is 1.14 bits per heavy atom. The highest BCUT2D eigenvalue weighted by Gasteiger charge is 2.32. The van der Waals surface area contributed by atoms with E-state index < -0.39 is 23.6 Å². The molecule has 2 aliphatic heterocycles. The number of benzene rings is 2. The van der Waals surface area contributed by atoms with E-state index in [0.29, 0.717) is 45.7 Å². The standard InChI is InChI=1S/C31H29ClFN5O5/c1-16-21(13-35-28-27(16)38(8-9-41-28)30(40)43-31(2,3)4)20-11-17-12-24(34-14-22(17)25(32)26(20)33)36-19-6-7-23-18(10-19)15-37(5)29(39)42-23/h6-7,10-14H,8-9,15H2,1-5H3,(H,34,36). The number of rotatable bonds is 3. The molecule has 0 atom stereocenters. The normalized spacial score (nSPS) is 14.5. The van der Waals surface area contributed by atoms with Crippen LogP contribution in [0.2, 0.25) is 5.02 Å². The molecule has 43 heavy (non-hydrogen) atoms. The number of aromatic nitrogens is 2. The average Bonchev–Trinajstić information content (AvgIpc) is 2.95. The first-order valence-corrected chi connectivity index (χ1v) is 14.0. The van der Waals surface area contributed by atoms with Gasteiger partial charge in [-0.15, -0.1) is 0 Å². The van der Waals surface area contributed by atoms with Crippen LogP contribution in [-0.2, 0) is 11.3 Å². The zero-order valence-corrected chi connectivity index (χ0v) is 25.0. The molecule has 0 bridgehead atoms. The number of hydrogen-bond acceptors (Lipinski definition) is 8. The van der Waals surface area contributed by atoms with E-state index in [9.17, 15) is 9.59 Å². The molecule has 0 saturated heterocycles. The molecule has 2 aromatic heterocycles. The van der Waals surface area contributed by atoms with Gasteiger partial charge in [-0.25, -0.2) is 23.9 Å². The van der Waals surface area contributed by atoms with Gasteiger partial charge in [-0.3, -0.25) is 4.90 Å². The van der Waals surface area contributed by atoms with Gasteiger partial charge in [0.15, 0.2) is 0 Å². The van der Waals surface area contributed by atoms with Crippen molar-refractivity contribution in [2.24, 2.45) is 0 Å². The SMILES string of the molecule is Cc1c(-c2cc3cc(Nc4ccc5c(c4)CN(C)C(=O)O5)ncc3c(Cl)c2F)cnc2c1N(C(=O)OC(C)(C)C)CCO2. The highest BCUT2D eigenvalue weighted by molar-refractivity contribution is 6.36. The first kappa shape index (κ1) is 28.5. The Labute approximate surface area is 252 Å². The van der Waals surface area contributed by atoms with Crippen LogP contribution in [0, 0.1) is 12.7 Å². The van der Waals surface area contributed by atoms with Crippen LogP contribution in [0.3, 0.4) is 0 Å². The van der Waals surface area contributed by atoms with Crippen molar-refractivity contribution in [3.8, 4) is 22.8 Å². The molecule has 0 radical (unpaired) electrons. The van der Waals surface area contributed by atoms with E-state index >= 15 is 4.39 Å². The highest BCUT2D eigenvalue weighted by atomic mass is 35.5. The van der Waals surface area contributed by atoms with Crippen molar-refractivity contribution in [2.45, 2.75) is 39.8 Å². The second kappa shape index (κ2) is 10.6. The Morgan fingerprint density at radius 3 is 2.70 bits per heavy atom. The predicted molar refractivity (Wildman–Crippen MR) is 161 cm³/mol. The lowest BCUT2D eigenvalue weighted by atomic mass is 9.97. The lowest BCUT2D eigenvalue weighted by molar-refractivity contribution is 0.0566. The summed E-state index contributed by atoms with van der Waals surface area (Å²) in [5.74, 6) is 0.659. The summed E-state index contributed by atoms with van der Waals surface area (Å²) in [5.41, 5.74) is 2.58. The molecule has 6 rings (SSSR count). The molecule has 0 aliphatic carbocycles. The fourth-order valence-corrected chi connectivity index (χ4v) is 5.38. The third-order valence-electron chi connectivity index (χ3n) is 7.15. The van der Waals surface area contributed by atoms with Crippen molar-refractivity contribution < 1.29 is 28.2 Å². The highest BCUT2D eigenvalue weighted by Crippen LogP contribution is 2.42. The van der Waals surface area contributed by atoms with Gasteiger partial charge in [0.1, 0.15) is 35.3 Å². The Kier molecular flexibility index (Phi) is 7.00. The van der Waals surface area contributed by atoms with Crippen LogP contribution in [-0.4, -0.2) is 52.9 Å². The minimum atomic E-state index is -0.700. The zero-order chi connectivity index (χ0) is 30.6. The summed E-state index contributed by atoms with van der Waals surface area (Å²) in [5, 5.41) is 4.26. The Bertz CT molecular complexity index is 1810. The summed E-state index contributed by atoms with van der Waals surface area (Å²) >= 11 is 6.53. The molecule has 2 amide bonds. The Balaban J connectivity index is 1.37. The van der Waals surface area contributed by atoms with E-state index in [2.05, 4.69) is 15.3 Å². The third-order valence-corrected chi connectivity index (χ3v) is 7.52. The maximum atomic E-state index is 15.8. The topological polar surface area (TPSA) is 106 Å². The van der Waals surface area contributed by atoms with E-state index in [1.54, 1.807) is 59.0 Å². The molecule has 12 heteroatoms. The number of ether oxygens (including phenoxy) is 3. The van der Waals surface area contributed by atoms with Crippen LogP contribution in [0.1, 0.15) is 31.9 Å². The van der Waals surface area contributed by atoms with Crippen LogP contribution >= 0.6 is 11.6 Å². The van der Waals surface area contributed by atoms with Crippen molar-refractivity contribution in [1.29, 1.82) is 0 Å². The average molecular weight is 606 g/mol.